The molecule has 1 aliphatic carbocycles. The minimum atomic E-state index is -4.92. The van der Waals surface area contributed by atoms with Crippen LogP contribution in [0.3, 0.4) is 0 Å². The van der Waals surface area contributed by atoms with Crippen LogP contribution in [0.2, 0.25) is 0 Å². The number of carbonyl (C=O) groups is 2. The van der Waals surface area contributed by atoms with Gasteiger partial charge >= 0.3 is 12.1 Å². The second kappa shape index (κ2) is 5.75. The molecule has 1 aromatic rings. The van der Waals surface area contributed by atoms with Gasteiger partial charge in [-0.05, 0) is 43.0 Å². The summed E-state index contributed by atoms with van der Waals surface area (Å²) in [5.41, 5.74) is 0.503. The predicted octanol–water partition coefficient (Wildman–Crippen LogP) is 3.17. The molecule has 0 aromatic heterocycles. The average molecular weight is 300 g/mol. The van der Waals surface area contributed by atoms with Gasteiger partial charge in [0.25, 0.3) is 0 Å². The van der Waals surface area contributed by atoms with E-state index in [1.807, 2.05) is 6.92 Å². The highest BCUT2D eigenvalue weighted by molar-refractivity contribution is 5.96. The lowest BCUT2D eigenvalue weighted by molar-refractivity contribution is -0.167. The van der Waals surface area contributed by atoms with Crippen LogP contribution in [-0.4, -0.2) is 18.0 Å². The van der Waals surface area contributed by atoms with Gasteiger partial charge in [-0.3, -0.25) is 9.59 Å². The third-order valence-electron chi connectivity index (χ3n) is 3.41. The molecule has 1 aliphatic rings. The van der Waals surface area contributed by atoms with Crippen LogP contribution in [0.4, 0.5) is 24.5 Å². The highest BCUT2D eigenvalue weighted by atomic mass is 19.4. The fraction of sp³-hybridized carbons (Fsp3) is 0.429. The van der Waals surface area contributed by atoms with E-state index in [9.17, 15) is 22.8 Å². The number of nitrogens with one attached hydrogen (secondary N) is 2. The van der Waals surface area contributed by atoms with Gasteiger partial charge in [0.1, 0.15) is 0 Å². The molecule has 0 bridgehead atoms. The van der Waals surface area contributed by atoms with E-state index in [4.69, 9.17) is 0 Å². The van der Waals surface area contributed by atoms with E-state index in [0.717, 1.165) is 12.8 Å². The highest BCUT2D eigenvalue weighted by Gasteiger charge is 2.38. The largest absolute Gasteiger partial charge is 0.471 e. The Kier molecular flexibility index (Phi) is 4.20. The smallest absolute Gasteiger partial charge is 0.326 e. The molecule has 0 heterocycles. The number of amides is 2. The number of rotatable bonds is 4. The monoisotopic (exact) mass is 300 g/mol. The summed E-state index contributed by atoms with van der Waals surface area (Å²) in [7, 11) is 0. The lowest BCUT2D eigenvalue weighted by Gasteiger charge is -2.12. The topological polar surface area (TPSA) is 58.2 Å². The summed E-state index contributed by atoms with van der Waals surface area (Å²) in [6, 6.07) is 5.51. The summed E-state index contributed by atoms with van der Waals surface area (Å²) in [5, 5.41) is 4.44. The van der Waals surface area contributed by atoms with Crippen molar-refractivity contribution in [1.82, 2.24) is 0 Å². The van der Waals surface area contributed by atoms with E-state index < -0.39 is 12.1 Å². The van der Waals surface area contributed by atoms with E-state index in [-0.39, 0.29) is 17.5 Å². The first-order valence-electron chi connectivity index (χ1n) is 6.56. The maximum absolute atomic E-state index is 12.1. The second-order valence-corrected chi connectivity index (χ2v) is 5.14. The molecule has 2 rings (SSSR count). The molecular weight excluding hydrogens is 285 g/mol. The summed E-state index contributed by atoms with van der Waals surface area (Å²) in [6.07, 6.45) is -2.82. The van der Waals surface area contributed by atoms with Gasteiger partial charge in [0.05, 0.1) is 0 Å². The van der Waals surface area contributed by atoms with Gasteiger partial charge < -0.3 is 10.6 Å². The van der Waals surface area contributed by atoms with Crippen molar-refractivity contribution in [3.8, 4) is 0 Å². The van der Waals surface area contributed by atoms with Gasteiger partial charge in [-0.15, -0.1) is 0 Å². The van der Waals surface area contributed by atoms with Gasteiger partial charge in [0.2, 0.25) is 5.91 Å². The number of carbonyl (C=O) groups excluding carboxylic acids is 2. The molecule has 7 heteroatoms. The number of halogens is 3. The molecule has 1 aromatic carbocycles. The van der Waals surface area contributed by atoms with Crippen LogP contribution in [-0.2, 0) is 9.59 Å². The third kappa shape index (κ3) is 4.21. The van der Waals surface area contributed by atoms with Crippen LogP contribution in [0.25, 0.3) is 0 Å². The molecule has 0 radical (unpaired) electrons. The second-order valence-electron chi connectivity index (χ2n) is 5.14. The van der Waals surface area contributed by atoms with Gasteiger partial charge in [0, 0.05) is 17.3 Å². The molecule has 1 unspecified atom stereocenters. The lowest BCUT2D eigenvalue weighted by atomic mass is 10.1. The number of anilines is 2. The van der Waals surface area contributed by atoms with Crippen molar-refractivity contribution in [2.24, 2.45) is 11.8 Å². The van der Waals surface area contributed by atoms with Crippen molar-refractivity contribution in [2.75, 3.05) is 10.6 Å². The van der Waals surface area contributed by atoms with Crippen molar-refractivity contribution in [2.45, 2.75) is 25.9 Å². The molecule has 4 nitrogen and oxygen atoms in total. The molecule has 1 saturated carbocycles. The Labute approximate surface area is 119 Å². The zero-order chi connectivity index (χ0) is 15.6. The molecule has 0 aliphatic heterocycles. The summed E-state index contributed by atoms with van der Waals surface area (Å²) in [5.74, 6) is -1.78. The molecule has 1 atom stereocenters. The van der Waals surface area contributed by atoms with Crippen molar-refractivity contribution >= 4 is 23.2 Å². The minimum absolute atomic E-state index is 0.0190. The summed E-state index contributed by atoms with van der Waals surface area (Å²) >= 11 is 0. The number of benzene rings is 1. The van der Waals surface area contributed by atoms with Gasteiger partial charge in [-0.2, -0.15) is 13.2 Å². The highest BCUT2D eigenvalue weighted by Crippen LogP contribution is 2.37. The standard InChI is InChI=1S/C14H15F3N2O2/c1-8(9-2-3-9)12(20)18-10-4-6-11(7-5-10)19-13(21)14(15,16)17/h4-9H,2-3H2,1H3,(H,18,20)(H,19,21). The van der Waals surface area contributed by atoms with Crippen LogP contribution < -0.4 is 10.6 Å². The maximum Gasteiger partial charge on any atom is 0.471 e. The zero-order valence-electron chi connectivity index (χ0n) is 11.3. The van der Waals surface area contributed by atoms with Gasteiger partial charge in [0.15, 0.2) is 0 Å². The van der Waals surface area contributed by atoms with E-state index in [1.54, 1.807) is 5.32 Å². The number of hydrogen-bond acceptors (Lipinski definition) is 2. The van der Waals surface area contributed by atoms with Crippen molar-refractivity contribution in [1.29, 1.82) is 0 Å². The summed E-state index contributed by atoms with van der Waals surface area (Å²) in [4.78, 5) is 22.6. The third-order valence-corrected chi connectivity index (χ3v) is 3.41. The fourth-order valence-electron chi connectivity index (χ4n) is 1.91. The average Bonchev–Trinajstić information content (AvgIpc) is 3.23. The van der Waals surface area contributed by atoms with Crippen molar-refractivity contribution in [3.63, 3.8) is 0 Å². The van der Waals surface area contributed by atoms with E-state index in [1.165, 1.54) is 24.3 Å². The normalized spacial score (nSPS) is 16.2. The van der Waals surface area contributed by atoms with Crippen LogP contribution in [0.15, 0.2) is 24.3 Å². The Hall–Kier alpha value is -2.05. The summed E-state index contributed by atoms with van der Waals surface area (Å²) in [6.45, 7) is 1.85. The minimum Gasteiger partial charge on any atom is -0.326 e. The van der Waals surface area contributed by atoms with Crippen molar-refractivity contribution in [3.05, 3.63) is 24.3 Å². The Morgan fingerprint density at radius 3 is 2.00 bits per heavy atom. The molecule has 0 spiro atoms. The molecule has 0 saturated heterocycles. The van der Waals surface area contributed by atoms with E-state index >= 15 is 0 Å². The zero-order valence-corrected chi connectivity index (χ0v) is 11.3. The Bertz CT molecular complexity index is 536. The Balaban J connectivity index is 1.92. The molecule has 2 amide bonds. The predicted molar refractivity (Wildman–Crippen MR) is 71.6 cm³/mol. The van der Waals surface area contributed by atoms with Crippen LogP contribution in [0.1, 0.15) is 19.8 Å². The quantitative estimate of drug-likeness (QED) is 0.897. The molecule has 1 fully saturated rings. The molecule has 2 N–H and O–H groups in total. The maximum atomic E-state index is 12.1. The summed E-state index contributed by atoms with van der Waals surface area (Å²) < 4.78 is 36.3. The van der Waals surface area contributed by atoms with Gasteiger partial charge in [-0.25, -0.2) is 0 Å². The SMILES string of the molecule is CC(C(=O)Nc1ccc(NC(=O)C(F)(F)F)cc1)C1CC1. The van der Waals surface area contributed by atoms with Crippen molar-refractivity contribution < 1.29 is 22.8 Å². The first kappa shape index (κ1) is 15.3. The van der Waals surface area contributed by atoms with Gasteiger partial charge in [-0.1, -0.05) is 6.92 Å². The van der Waals surface area contributed by atoms with Crippen LogP contribution in [0, 0.1) is 11.8 Å². The molecule has 114 valence electrons. The number of alkyl halides is 3. The van der Waals surface area contributed by atoms with E-state index in [0.29, 0.717) is 11.6 Å². The molecule has 21 heavy (non-hydrogen) atoms. The fourth-order valence-corrected chi connectivity index (χ4v) is 1.91. The van der Waals surface area contributed by atoms with E-state index in [2.05, 4.69) is 5.32 Å². The Morgan fingerprint density at radius 1 is 1.10 bits per heavy atom. The molecular formula is C14H15F3N2O2. The Morgan fingerprint density at radius 2 is 1.57 bits per heavy atom. The first-order valence-corrected chi connectivity index (χ1v) is 6.56. The first-order chi connectivity index (χ1) is 9.77. The van der Waals surface area contributed by atoms with Crippen LogP contribution in [0.5, 0.6) is 0 Å². The lowest BCUT2D eigenvalue weighted by Crippen LogP contribution is -2.29. The van der Waals surface area contributed by atoms with Crippen LogP contribution >= 0.6 is 0 Å². The number of hydrogen-bond donors (Lipinski definition) is 2.